The van der Waals surface area contributed by atoms with Gasteiger partial charge in [0.15, 0.2) is 0 Å². The number of likely N-dealkylation sites (tertiary alicyclic amines) is 1. The van der Waals surface area contributed by atoms with Gasteiger partial charge in [-0.15, -0.1) is 0 Å². The van der Waals surface area contributed by atoms with Gasteiger partial charge in [-0.1, -0.05) is 6.92 Å². The normalized spacial score (nSPS) is 20.0. The summed E-state index contributed by atoms with van der Waals surface area (Å²) < 4.78 is 5.88. The number of nitrogens with one attached hydrogen (secondary N) is 1. The minimum atomic E-state index is 0.565. The van der Waals surface area contributed by atoms with Crippen LogP contribution < -0.4 is 4.74 Å². The van der Waals surface area contributed by atoms with Crippen molar-refractivity contribution in [3.05, 3.63) is 23.9 Å². The Morgan fingerprint density at radius 2 is 2.44 bits per heavy atom. The van der Waals surface area contributed by atoms with Gasteiger partial charge >= 0.3 is 0 Å². The molecule has 1 fully saturated rings. The maximum Gasteiger partial charge on any atom is 0.218 e. The molecule has 18 heavy (non-hydrogen) atoms. The number of H-pyrrole nitrogens is 1. The third kappa shape index (κ3) is 1.97. The first-order chi connectivity index (χ1) is 8.78. The molecule has 1 aliphatic rings. The summed E-state index contributed by atoms with van der Waals surface area (Å²) in [5.41, 5.74) is 2.00. The summed E-state index contributed by atoms with van der Waals surface area (Å²) in [6, 6.07) is 4.71. The molecule has 3 rings (SSSR count). The lowest BCUT2D eigenvalue weighted by Crippen LogP contribution is -2.50. The average molecular weight is 245 g/mol. The number of fused-ring (bicyclic) bond motifs is 1. The predicted molar refractivity (Wildman–Crippen MR) is 72.0 cm³/mol. The number of aromatic nitrogens is 2. The average Bonchev–Trinajstić information content (AvgIpc) is 2.75. The van der Waals surface area contributed by atoms with Gasteiger partial charge in [-0.25, -0.2) is 0 Å². The van der Waals surface area contributed by atoms with E-state index in [9.17, 15) is 0 Å². The number of aryl methyl sites for hydroxylation is 1. The second kappa shape index (κ2) is 4.61. The van der Waals surface area contributed by atoms with E-state index in [0.717, 1.165) is 35.6 Å². The molecule has 1 saturated heterocycles. The molecule has 0 aliphatic carbocycles. The predicted octanol–water partition coefficient (Wildman–Crippen LogP) is 2.34. The third-order valence-electron chi connectivity index (χ3n) is 3.76. The molecule has 0 saturated carbocycles. The van der Waals surface area contributed by atoms with Crippen LogP contribution in [-0.2, 0) is 0 Å². The summed E-state index contributed by atoms with van der Waals surface area (Å²) in [6.07, 6.45) is 3.14. The molecule has 1 aliphatic heterocycles. The SMILES string of the molecule is CCN1CCC1COc1nc2[nH]ccc2cc1C. The molecule has 4 heteroatoms. The molecule has 2 aromatic rings. The molecule has 0 radical (unpaired) electrons. The summed E-state index contributed by atoms with van der Waals surface area (Å²) in [6.45, 7) is 7.30. The van der Waals surface area contributed by atoms with Crippen molar-refractivity contribution in [1.82, 2.24) is 14.9 Å². The quantitative estimate of drug-likeness (QED) is 0.899. The van der Waals surface area contributed by atoms with E-state index in [4.69, 9.17) is 4.74 Å². The number of hydrogen-bond donors (Lipinski definition) is 1. The van der Waals surface area contributed by atoms with Crippen LogP contribution in [0.25, 0.3) is 11.0 Å². The van der Waals surface area contributed by atoms with Gasteiger partial charge < -0.3 is 9.72 Å². The van der Waals surface area contributed by atoms with Gasteiger partial charge in [-0.2, -0.15) is 4.98 Å². The molecule has 1 N–H and O–H groups in total. The first-order valence-electron chi connectivity index (χ1n) is 6.59. The lowest BCUT2D eigenvalue weighted by Gasteiger charge is -2.39. The lowest BCUT2D eigenvalue weighted by atomic mass is 10.0. The summed E-state index contributed by atoms with van der Waals surface area (Å²) in [7, 11) is 0. The number of nitrogens with zero attached hydrogens (tertiary/aromatic N) is 2. The smallest absolute Gasteiger partial charge is 0.218 e. The highest BCUT2D eigenvalue weighted by molar-refractivity contribution is 5.76. The highest BCUT2D eigenvalue weighted by atomic mass is 16.5. The molecular weight excluding hydrogens is 226 g/mol. The fourth-order valence-electron chi connectivity index (χ4n) is 2.49. The lowest BCUT2D eigenvalue weighted by molar-refractivity contribution is 0.0544. The standard InChI is InChI=1S/C14H19N3O/c1-3-17-7-5-12(17)9-18-14-10(2)8-11-4-6-15-13(11)16-14/h4,6,8,12H,3,5,7,9H2,1-2H3,(H,15,16). The van der Waals surface area contributed by atoms with Crippen molar-refractivity contribution in [3.8, 4) is 5.88 Å². The van der Waals surface area contributed by atoms with Crippen LogP contribution in [0.1, 0.15) is 18.9 Å². The van der Waals surface area contributed by atoms with Crippen molar-refractivity contribution in [3.63, 3.8) is 0 Å². The topological polar surface area (TPSA) is 41.1 Å². The van der Waals surface area contributed by atoms with Crippen molar-refractivity contribution < 1.29 is 4.74 Å². The molecule has 0 aromatic carbocycles. The molecule has 1 unspecified atom stereocenters. The largest absolute Gasteiger partial charge is 0.476 e. The number of ether oxygens (including phenoxy) is 1. The van der Waals surface area contributed by atoms with Gasteiger partial charge in [-0.05, 0) is 32.0 Å². The number of hydrogen-bond acceptors (Lipinski definition) is 3. The number of rotatable bonds is 4. The Kier molecular flexibility index (Phi) is 2.96. The molecule has 3 heterocycles. The first-order valence-corrected chi connectivity index (χ1v) is 6.59. The molecular formula is C14H19N3O. The van der Waals surface area contributed by atoms with E-state index in [1.165, 1.54) is 13.0 Å². The van der Waals surface area contributed by atoms with Crippen LogP contribution in [0.3, 0.4) is 0 Å². The van der Waals surface area contributed by atoms with Gasteiger partial charge in [0, 0.05) is 29.7 Å². The van der Waals surface area contributed by atoms with E-state index in [-0.39, 0.29) is 0 Å². The molecule has 4 nitrogen and oxygen atoms in total. The molecule has 0 spiro atoms. The third-order valence-corrected chi connectivity index (χ3v) is 3.76. The fourth-order valence-corrected chi connectivity index (χ4v) is 2.49. The minimum absolute atomic E-state index is 0.565. The molecule has 0 bridgehead atoms. The van der Waals surface area contributed by atoms with Gasteiger partial charge in [0.2, 0.25) is 5.88 Å². The van der Waals surface area contributed by atoms with E-state index in [1.807, 2.05) is 19.2 Å². The summed E-state index contributed by atoms with van der Waals surface area (Å²) in [5.74, 6) is 0.757. The van der Waals surface area contributed by atoms with E-state index < -0.39 is 0 Å². The Morgan fingerprint density at radius 3 is 3.17 bits per heavy atom. The van der Waals surface area contributed by atoms with Crippen molar-refractivity contribution in [2.24, 2.45) is 0 Å². The zero-order valence-electron chi connectivity index (χ0n) is 10.9. The highest BCUT2D eigenvalue weighted by Gasteiger charge is 2.27. The Balaban J connectivity index is 1.72. The Hall–Kier alpha value is -1.55. The molecule has 96 valence electrons. The summed E-state index contributed by atoms with van der Waals surface area (Å²) >= 11 is 0. The number of likely N-dealkylation sites (N-methyl/N-ethyl adjacent to an activating group) is 1. The summed E-state index contributed by atoms with van der Waals surface area (Å²) in [4.78, 5) is 10.1. The number of pyridine rings is 1. The van der Waals surface area contributed by atoms with Crippen molar-refractivity contribution >= 4 is 11.0 Å². The Bertz CT molecular complexity index is 547. The van der Waals surface area contributed by atoms with Crippen LogP contribution >= 0.6 is 0 Å². The van der Waals surface area contributed by atoms with Crippen LogP contribution in [-0.4, -0.2) is 40.6 Å². The Labute approximate surface area is 107 Å². The van der Waals surface area contributed by atoms with Crippen LogP contribution in [0.5, 0.6) is 5.88 Å². The second-order valence-electron chi connectivity index (χ2n) is 4.91. The van der Waals surface area contributed by atoms with Crippen LogP contribution in [0.2, 0.25) is 0 Å². The molecule has 0 amide bonds. The van der Waals surface area contributed by atoms with Crippen LogP contribution in [0, 0.1) is 6.92 Å². The highest BCUT2D eigenvalue weighted by Crippen LogP contribution is 2.23. The van der Waals surface area contributed by atoms with Crippen molar-refractivity contribution in [1.29, 1.82) is 0 Å². The first kappa shape index (κ1) is 11.5. The maximum absolute atomic E-state index is 5.88. The van der Waals surface area contributed by atoms with E-state index in [1.54, 1.807) is 0 Å². The molecule has 1 atom stereocenters. The maximum atomic E-state index is 5.88. The van der Waals surface area contributed by atoms with Gasteiger partial charge in [0.05, 0.1) is 0 Å². The van der Waals surface area contributed by atoms with E-state index in [0.29, 0.717) is 6.04 Å². The zero-order chi connectivity index (χ0) is 12.5. The van der Waals surface area contributed by atoms with Gasteiger partial charge in [0.25, 0.3) is 0 Å². The fraction of sp³-hybridized carbons (Fsp3) is 0.500. The molecule has 2 aromatic heterocycles. The minimum Gasteiger partial charge on any atom is -0.476 e. The van der Waals surface area contributed by atoms with E-state index in [2.05, 4.69) is 27.9 Å². The Morgan fingerprint density at radius 1 is 1.56 bits per heavy atom. The van der Waals surface area contributed by atoms with Crippen LogP contribution in [0.15, 0.2) is 18.3 Å². The second-order valence-corrected chi connectivity index (χ2v) is 4.91. The number of aromatic amines is 1. The summed E-state index contributed by atoms with van der Waals surface area (Å²) in [5, 5.41) is 1.14. The van der Waals surface area contributed by atoms with Gasteiger partial charge in [0.1, 0.15) is 12.3 Å². The van der Waals surface area contributed by atoms with E-state index >= 15 is 0 Å². The van der Waals surface area contributed by atoms with Crippen molar-refractivity contribution in [2.45, 2.75) is 26.3 Å². The van der Waals surface area contributed by atoms with Crippen molar-refractivity contribution in [2.75, 3.05) is 19.7 Å². The van der Waals surface area contributed by atoms with Crippen LogP contribution in [0.4, 0.5) is 0 Å². The van der Waals surface area contributed by atoms with Gasteiger partial charge in [-0.3, -0.25) is 4.90 Å². The monoisotopic (exact) mass is 245 g/mol. The zero-order valence-corrected chi connectivity index (χ0v) is 10.9.